The number of amides is 4. The van der Waals surface area contributed by atoms with Crippen molar-refractivity contribution < 1.29 is 33.4 Å². The summed E-state index contributed by atoms with van der Waals surface area (Å²) in [6.45, 7) is 28.4. The molecule has 6 saturated heterocycles. The highest BCUT2D eigenvalue weighted by molar-refractivity contribution is 9.10. The van der Waals surface area contributed by atoms with Crippen molar-refractivity contribution in [3.63, 3.8) is 0 Å². The molecule has 0 radical (unpaired) electrons. The number of carbonyl (C=O) groups is 4. The van der Waals surface area contributed by atoms with E-state index in [1.807, 2.05) is 126 Å². The van der Waals surface area contributed by atoms with Crippen LogP contribution >= 0.6 is 28.3 Å². The van der Waals surface area contributed by atoms with Gasteiger partial charge in [0, 0.05) is 124 Å². The third kappa shape index (κ3) is 18.6. The van der Waals surface area contributed by atoms with Crippen LogP contribution in [0.2, 0.25) is 0 Å². The fourth-order valence-corrected chi connectivity index (χ4v) is 12.8. The van der Waals surface area contributed by atoms with Gasteiger partial charge in [-0.1, -0.05) is 22.0 Å². The van der Waals surface area contributed by atoms with Crippen LogP contribution in [0.4, 0.5) is 25.8 Å². The second kappa shape index (κ2) is 28.0. The van der Waals surface area contributed by atoms with E-state index in [2.05, 4.69) is 81.6 Å². The Kier molecular flexibility index (Phi) is 21.9. The second-order valence-corrected chi connectivity index (χ2v) is 27.6. The van der Waals surface area contributed by atoms with E-state index in [9.17, 15) is 19.2 Å². The maximum atomic E-state index is 13.5. The SMILES string of the molecule is Brc1ccncc1.CC(C)(C)OC(=O)N1CCC2(CCN(c3ccncc3)CC2)C1.CC(C)(C)OC(=O)N1CCC2(CCNCC2)C1.CC(C)(C)OC(=O)NC1CCc2ccc(C(=O)N3CCC4(CCN(c5ccncc5)CC4)C3)cc21.Cl. The molecule has 1 aromatic carbocycles. The summed E-state index contributed by atoms with van der Waals surface area (Å²) in [5.41, 5.74) is 4.95. The number of piperidine rings is 3. The molecule has 1 unspecified atom stereocenters. The fourth-order valence-electron chi connectivity index (χ4n) is 12.6. The molecule has 9 heterocycles. The van der Waals surface area contributed by atoms with E-state index >= 15 is 0 Å². The molecule has 454 valence electrons. The highest BCUT2D eigenvalue weighted by Crippen LogP contribution is 2.44. The normalized spacial score (nSPS) is 20.4. The number of anilines is 2. The van der Waals surface area contributed by atoms with E-state index in [0.29, 0.717) is 11.0 Å². The number of halogens is 2. The standard InChI is InChI=1S/C28H36N4O3.C18H27N3O2.C13H24N2O2.C5H4BrN.ClH/c1-27(2,3)35-26(34)30-24-7-6-20-4-5-21(18-23(20)24)25(33)32-17-12-28(19-32)10-15-31(16-11-28)22-8-13-29-14-9-22;1-17(2,3)23-16(22)21-13-8-18(14-21)6-11-20(12-7-18)15-4-9-19-10-5-15;1-12(2,3)17-11(16)15-9-6-13(10-15)4-7-14-8-5-13;6-5-1-3-7-4-2-5;/h4-5,8-9,13-14,18,24H,6-7,10-12,15-17,19H2,1-3H3,(H,30,34);4-5,9-10H,6-8,11-14H2,1-3H3;14H,4-10H2,1-3H3;1-4H;1H. The monoisotopic (exact) mass is 1230 g/mol. The molecule has 2 N–H and O–H groups in total. The van der Waals surface area contributed by atoms with Gasteiger partial charge in [-0.2, -0.15) is 0 Å². The zero-order chi connectivity index (χ0) is 58.8. The average molecular weight is 1230 g/mol. The molecule has 6 fully saturated rings. The van der Waals surface area contributed by atoms with Gasteiger partial charge < -0.3 is 49.3 Å². The van der Waals surface area contributed by atoms with Gasteiger partial charge in [0.25, 0.3) is 5.91 Å². The van der Waals surface area contributed by atoms with Gasteiger partial charge in [0.05, 0.1) is 6.04 Å². The van der Waals surface area contributed by atoms with Crippen molar-refractivity contribution >= 4 is 63.9 Å². The third-order valence-corrected chi connectivity index (χ3v) is 17.6. The number of hydrogen-bond acceptors (Lipinski definition) is 13. The number of nitrogens with zero attached hydrogens (tertiary/aromatic N) is 8. The van der Waals surface area contributed by atoms with Crippen LogP contribution in [0.1, 0.15) is 154 Å². The molecule has 3 aromatic heterocycles. The quantitative estimate of drug-likeness (QED) is 0.185. The molecule has 83 heavy (non-hydrogen) atoms. The van der Waals surface area contributed by atoms with Crippen LogP contribution in [0.3, 0.4) is 0 Å². The van der Waals surface area contributed by atoms with Crippen LogP contribution in [-0.4, -0.2) is 149 Å². The molecule has 17 nitrogen and oxygen atoms in total. The maximum Gasteiger partial charge on any atom is 0.410 e. The Labute approximate surface area is 508 Å². The summed E-state index contributed by atoms with van der Waals surface area (Å²) < 4.78 is 17.5. The number of aromatic nitrogens is 3. The number of likely N-dealkylation sites (tertiary alicyclic amines) is 3. The van der Waals surface area contributed by atoms with Crippen molar-refractivity contribution in [2.24, 2.45) is 16.2 Å². The van der Waals surface area contributed by atoms with Gasteiger partial charge >= 0.3 is 18.3 Å². The van der Waals surface area contributed by atoms with Crippen molar-refractivity contribution in [3.8, 4) is 0 Å². The van der Waals surface area contributed by atoms with Crippen LogP contribution in [0.5, 0.6) is 0 Å². The van der Waals surface area contributed by atoms with E-state index < -0.39 is 17.3 Å². The lowest BCUT2D eigenvalue weighted by Gasteiger charge is -2.40. The van der Waals surface area contributed by atoms with E-state index in [1.54, 1.807) is 12.4 Å². The van der Waals surface area contributed by atoms with Crippen LogP contribution in [0, 0.1) is 16.2 Å². The van der Waals surface area contributed by atoms with Crippen LogP contribution in [-0.2, 0) is 20.6 Å². The maximum absolute atomic E-state index is 13.5. The van der Waals surface area contributed by atoms with Crippen molar-refractivity contribution in [2.45, 2.75) is 156 Å². The average Bonchev–Trinajstić information content (AvgIpc) is 4.35. The summed E-state index contributed by atoms with van der Waals surface area (Å²) in [5, 5.41) is 6.38. The lowest BCUT2D eigenvalue weighted by Crippen LogP contribution is -2.43. The molecule has 1 aliphatic carbocycles. The first-order chi connectivity index (χ1) is 38.9. The van der Waals surface area contributed by atoms with Gasteiger partial charge in [-0.3, -0.25) is 19.7 Å². The van der Waals surface area contributed by atoms with E-state index in [1.165, 1.54) is 29.8 Å². The zero-order valence-corrected chi connectivity index (χ0v) is 53.1. The molecule has 3 spiro atoms. The van der Waals surface area contributed by atoms with E-state index in [0.717, 1.165) is 146 Å². The first-order valence-corrected chi connectivity index (χ1v) is 30.6. The van der Waals surface area contributed by atoms with Crippen LogP contribution in [0.25, 0.3) is 0 Å². The Morgan fingerprint density at radius 2 is 0.940 bits per heavy atom. The topological polar surface area (TPSA) is 175 Å². The predicted octanol–water partition coefficient (Wildman–Crippen LogP) is 12.3. The summed E-state index contributed by atoms with van der Waals surface area (Å²) in [4.78, 5) is 72.7. The largest absolute Gasteiger partial charge is 0.444 e. The van der Waals surface area contributed by atoms with Gasteiger partial charge in [-0.15, -0.1) is 12.4 Å². The zero-order valence-electron chi connectivity index (χ0n) is 50.7. The predicted molar refractivity (Wildman–Crippen MR) is 332 cm³/mol. The van der Waals surface area contributed by atoms with Gasteiger partial charge in [0.2, 0.25) is 0 Å². The van der Waals surface area contributed by atoms with Crippen molar-refractivity contribution in [2.75, 3.05) is 88.3 Å². The number of ether oxygens (including phenoxy) is 3. The molecule has 19 heteroatoms. The second-order valence-electron chi connectivity index (χ2n) is 26.7. The molecular weight excluding hydrogens is 1140 g/mol. The minimum Gasteiger partial charge on any atom is -0.444 e. The molecule has 11 rings (SSSR count). The van der Waals surface area contributed by atoms with Gasteiger partial charge in [-0.05, 0) is 222 Å². The van der Waals surface area contributed by atoms with Crippen molar-refractivity contribution in [1.82, 2.24) is 40.3 Å². The Bertz CT molecular complexity index is 2740. The summed E-state index contributed by atoms with van der Waals surface area (Å²) in [6.07, 6.45) is 22.0. The Hall–Kier alpha value is -5.72. The Morgan fingerprint density at radius 1 is 0.542 bits per heavy atom. The Balaban J connectivity index is 0.000000177. The van der Waals surface area contributed by atoms with Crippen LogP contribution < -0.4 is 20.4 Å². The summed E-state index contributed by atoms with van der Waals surface area (Å²) in [6, 6.07) is 17.9. The fraction of sp³-hybridized carbons (Fsp3) is 0.609. The number of benzene rings is 1. The van der Waals surface area contributed by atoms with Gasteiger partial charge in [0.15, 0.2) is 0 Å². The molecule has 6 aliphatic heterocycles. The molecule has 0 saturated carbocycles. The Morgan fingerprint density at radius 3 is 1.36 bits per heavy atom. The first kappa shape index (κ1) is 64.8. The van der Waals surface area contributed by atoms with Crippen molar-refractivity contribution in [3.05, 3.63) is 113 Å². The smallest absolute Gasteiger partial charge is 0.410 e. The number of hydrogen-bond donors (Lipinski definition) is 2. The molecular formula is C64H92BrClN10O7. The summed E-state index contributed by atoms with van der Waals surface area (Å²) in [7, 11) is 0. The lowest BCUT2D eigenvalue weighted by atomic mass is 9.77. The van der Waals surface area contributed by atoms with Crippen LogP contribution in [0.15, 0.2) is 96.3 Å². The minimum absolute atomic E-state index is 0. The molecule has 0 bridgehead atoms. The van der Waals surface area contributed by atoms with Crippen molar-refractivity contribution in [1.29, 1.82) is 0 Å². The minimum atomic E-state index is -0.538. The molecule has 1 atom stereocenters. The number of fused-ring (bicyclic) bond motifs is 1. The number of aryl methyl sites for hydroxylation is 1. The number of alkyl carbamates (subject to hydrolysis) is 1. The summed E-state index contributed by atoms with van der Waals surface area (Å²) in [5.74, 6) is 0.101. The number of carbonyl (C=O) groups excluding carboxylic acids is 4. The third-order valence-electron chi connectivity index (χ3n) is 17.1. The van der Waals surface area contributed by atoms with E-state index in [-0.39, 0.29) is 53.0 Å². The van der Waals surface area contributed by atoms with Gasteiger partial charge in [0.1, 0.15) is 16.8 Å². The highest BCUT2D eigenvalue weighted by atomic mass is 79.9. The number of nitrogens with one attached hydrogen (secondary N) is 2. The van der Waals surface area contributed by atoms with E-state index in [4.69, 9.17) is 14.2 Å². The first-order valence-electron chi connectivity index (χ1n) is 29.8. The molecule has 4 aromatic rings. The number of rotatable bonds is 4. The number of pyridine rings is 3. The highest BCUT2D eigenvalue weighted by Gasteiger charge is 2.45. The summed E-state index contributed by atoms with van der Waals surface area (Å²) >= 11 is 3.27. The lowest BCUT2D eigenvalue weighted by molar-refractivity contribution is 0.0256. The molecule has 7 aliphatic rings. The van der Waals surface area contributed by atoms with Gasteiger partial charge in [-0.25, -0.2) is 14.4 Å². The molecule has 4 amide bonds.